The summed E-state index contributed by atoms with van der Waals surface area (Å²) < 4.78 is 6.15. The SMILES string of the molecule is C=CC1(CCCc2ccccc2)c2ccccc2Oc2ccccc21. The van der Waals surface area contributed by atoms with Gasteiger partial charge in [-0.25, -0.2) is 0 Å². The Kier molecular flexibility index (Phi) is 4.15. The minimum Gasteiger partial charge on any atom is -0.457 e. The van der Waals surface area contributed by atoms with Crippen LogP contribution in [-0.4, -0.2) is 0 Å². The Morgan fingerprint density at radius 2 is 1.32 bits per heavy atom. The van der Waals surface area contributed by atoms with Crippen LogP contribution in [0.4, 0.5) is 0 Å². The number of hydrogen-bond donors (Lipinski definition) is 0. The van der Waals surface area contributed by atoms with Crippen LogP contribution in [0.5, 0.6) is 11.5 Å². The van der Waals surface area contributed by atoms with Gasteiger partial charge in [0.05, 0.1) is 0 Å². The summed E-state index contributed by atoms with van der Waals surface area (Å²) in [5, 5.41) is 0. The van der Waals surface area contributed by atoms with Crippen LogP contribution >= 0.6 is 0 Å². The van der Waals surface area contributed by atoms with Crippen molar-refractivity contribution in [2.75, 3.05) is 0 Å². The van der Waals surface area contributed by atoms with E-state index in [2.05, 4.69) is 79.4 Å². The van der Waals surface area contributed by atoms with Crippen LogP contribution in [0.3, 0.4) is 0 Å². The van der Waals surface area contributed by atoms with Gasteiger partial charge in [-0.3, -0.25) is 0 Å². The van der Waals surface area contributed by atoms with Crippen LogP contribution in [0.1, 0.15) is 29.5 Å². The molecule has 0 radical (unpaired) electrons. The first-order valence-electron chi connectivity index (χ1n) is 8.88. The molecular formula is C24H22O. The summed E-state index contributed by atoms with van der Waals surface area (Å²) in [4.78, 5) is 0. The predicted molar refractivity (Wildman–Crippen MR) is 103 cm³/mol. The molecule has 0 atom stereocenters. The van der Waals surface area contributed by atoms with E-state index < -0.39 is 0 Å². The summed E-state index contributed by atoms with van der Waals surface area (Å²) in [7, 11) is 0. The van der Waals surface area contributed by atoms with E-state index in [0.29, 0.717) is 0 Å². The second kappa shape index (κ2) is 6.60. The molecule has 1 heterocycles. The van der Waals surface area contributed by atoms with E-state index in [1.807, 2.05) is 12.1 Å². The number of ether oxygens (including phenoxy) is 1. The Bertz CT molecular complexity index is 834. The average molecular weight is 326 g/mol. The third kappa shape index (κ3) is 2.76. The van der Waals surface area contributed by atoms with Crippen LogP contribution in [0.25, 0.3) is 0 Å². The molecule has 0 aromatic heterocycles. The van der Waals surface area contributed by atoms with E-state index in [1.165, 1.54) is 16.7 Å². The Balaban J connectivity index is 1.71. The molecule has 1 aliphatic rings. The standard InChI is InChI=1S/C24H22O/c1-2-24(18-10-13-19-11-4-3-5-12-19)20-14-6-8-16-22(20)25-23-17-9-7-15-21(23)24/h2-9,11-12,14-17H,1,10,13,18H2. The highest BCUT2D eigenvalue weighted by atomic mass is 16.5. The van der Waals surface area contributed by atoms with Gasteiger partial charge in [0, 0.05) is 16.5 Å². The van der Waals surface area contributed by atoms with Crippen molar-refractivity contribution in [1.82, 2.24) is 0 Å². The Morgan fingerprint density at radius 1 is 0.760 bits per heavy atom. The number of fused-ring (bicyclic) bond motifs is 2. The van der Waals surface area contributed by atoms with Crippen molar-refractivity contribution in [3.05, 3.63) is 108 Å². The molecule has 0 spiro atoms. The fourth-order valence-electron chi connectivity index (χ4n) is 3.92. The average Bonchev–Trinajstić information content (AvgIpc) is 2.68. The van der Waals surface area contributed by atoms with Crippen molar-refractivity contribution in [3.8, 4) is 11.5 Å². The van der Waals surface area contributed by atoms with Crippen LogP contribution in [0.15, 0.2) is 91.5 Å². The number of hydrogen-bond acceptors (Lipinski definition) is 1. The predicted octanol–water partition coefficient (Wildman–Crippen LogP) is 6.29. The summed E-state index contributed by atoms with van der Waals surface area (Å²) in [6.07, 6.45) is 5.29. The monoisotopic (exact) mass is 326 g/mol. The summed E-state index contributed by atoms with van der Waals surface area (Å²) in [5.41, 5.74) is 3.63. The van der Waals surface area contributed by atoms with E-state index in [9.17, 15) is 0 Å². The van der Waals surface area contributed by atoms with Gasteiger partial charge in [0.15, 0.2) is 0 Å². The molecular weight excluding hydrogens is 304 g/mol. The zero-order valence-electron chi connectivity index (χ0n) is 14.3. The van der Waals surface area contributed by atoms with E-state index in [1.54, 1.807) is 0 Å². The maximum Gasteiger partial charge on any atom is 0.131 e. The van der Waals surface area contributed by atoms with E-state index in [4.69, 9.17) is 4.74 Å². The Morgan fingerprint density at radius 3 is 1.92 bits per heavy atom. The van der Waals surface area contributed by atoms with Gasteiger partial charge in [-0.1, -0.05) is 72.8 Å². The first-order chi connectivity index (χ1) is 12.3. The van der Waals surface area contributed by atoms with Crippen LogP contribution in [0, 0.1) is 0 Å². The molecule has 0 bridgehead atoms. The minimum atomic E-state index is -0.194. The normalized spacial score (nSPS) is 14.1. The molecule has 0 fully saturated rings. The zero-order chi connectivity index (χ0) is 17.1. The van der Waals surface area contributed by atoms with Crippen molar-refractivity contribution in [3.63, 3.8) is 0 Å². The molecule has 4 rings (SSSR count). The molecule has 25 heavy (non-hydrogen) atoms. The summed E-state index contributed by atoms with van der Waals surface area (Å²) in [6, 6.07) is 27.4. The van der Waals surface area contributed by atoms with Gasteiger partial charge in [0.1, 0.15) is 11.5 Å². The summed E-state index contributed by atoms with van der Waals surface area (Å²) >= 11 is 0. The number of allylic oxidation sites excluding steroid dienone is 1. The minimum absolute atomic E-state index is 0.194. The molecule has 3 aromatic rings. The van der Waals surface area contributed by atoms with Crippen molar-refractivity contribution < 1.29 is 4.74 Å². The molecule has 1 heteroatoms. The first kappa shape index (κ1) is 15.7. The van der Waals surface area contributed by atoms with Gasteiger partial charge in [0.25, 0.3) is 0 Å². The maximum absolute atomic E-state index is 6.15. The lowest BCUT2D eigenvalue weighted by Gasteiger charge is -2.38. The molecule has 0 saturated heterocycles. The Labute approximate surface area is 149 Å². The lowest BCUT2D eigenvalue weighted by Crippen LogP contribution is -2.29. The lowest BCUT2D eigenvalue weighted by molar-refractivity contribution is 0.407. The third-order valence-corrected chi connectivity index (χ3v) is 5.18. The highest BCUT2D eigenvalue weighted by molar-refractivity contribution is 5.59. The molecule has 3 aromatic carbocycles. The van der Waals surface area contributed by atoms with Gasteiger partial charge in [-0.2, -0.15) is 0 Å². The third-order valence-electron chi connectivity index (χ3n) is 5.18. The van der Waals surface area contributed by atoms with Crippen molar-refractivity contribution in [2.45, 2.75) is 24.7 Å². The molecule has 1 nitrogen and oxygen atoms in total. The topological polar surface area (TPSA) is 9.23 Å². The van der Waals surface area contributed by atoms with Crippen LogP contribution < -0.4 is 4.74 Å². The Hall–Kier alpha value is -2.80. The van der Waals surface area contributed by atoms with Gasteiger partial charge < -0.3 is 4.74 Å². The van der Waals surface area contributed by atoms with Crippen molar-refractivity contribution in [2.24, 2.45) is 0 Å². The fourth-order valence-corrected chi connectivity index (χ4v) is 3.92. The fraction of sp³-hybridized carbons (Fsp3) is 0.167. The molecule has 0 saturated carbocycles. The number of rotatable bonds is 5. The molecule has 0 amide bonds. The van der Waals surface area contributed by atoms with Crippen molar-refractivity contribution >= 4 is 0 Å². The van der Waals surface area contributed by atoms with Gasteiger partial charge >= 0.3 is 0 Å². The number of benzene rings is 3. The second-order valence-corrected chi connectivity index (χ2v) is 6.61. The second-order valence-electron chi connectivity index (χ2n) is 6.61. The molecule has 124 valence electrons. The number of aryl methyl sites for hydroxylation is 1. The van der Waals surface area contributed by atoms with Crippen LogP contribution in [-0.2, 0) is 11.8 Å². The van der Waals surface area contributed by atoms with E-state index in [-0.39, 0.29) is 5.41 Å². The quantitative estimate of drug-likeness (QED) is 0.501. The van der Waals surface area contributed by atoms with Crippen molar-refractivity contribution in [1.29, 1.82) is 0 Å². The first-order valence-corrected chi connectivity index (χ1v) is 8.88. The van der Waals surface area contributed by atoms with E-state index in [0.717, 1.165) is 30.8 Å². The summed E-state index contributed by atoms with van der Waals surface area (Å²) in [5.74, 6) is 1.89. The van der Waals surface area contributed by atoms with Crippen LogP contribution in [0.2, 0.25) is 0 Å². The smallest absolute Gasteiger partial charge is 0.131 e. The molecule has 0 unspecified atom stereocenters. The lowest BCUT2D eigenvalue weighted by atomic mass is 9.69. The van der Waals surface area contributed by atoms with Gasteiger partial charge in [-0.15, -0.1) is 6.58 Å². The molecule has 0 N–H and O–H groups in total. The summed E-state index contributed by atoms with van der Waals surface area (Å²) in [6.45, 7) is 4.22. The maximum atomic E-state index is 6.15. The molecule has 0 aliphatic carbocycles. The largest absolute Gasteiger partial charge is 0.457 e. The highest BCUT2D eigenvalue weighted by Gasteiger charge is 2.38. The van der Waals surface area contributed by atoms with Gasteiger partial charge in [-0.05, 0) is 37.0 Å². The highest BCUT2D eigenvalue weighted by Crippen LogP contribution is 2.51. The number of para-hydroxylation sites is 2. The van der Waals surface area contributed by atoms with Gasteiger partial charge in [0.2, 0.25) is 0 Å². The zero-order valence-corrected chi connectivity index (χ0v) is 14.3. The van der Waals surface area contributed by atoms with E-state index >= 15 is 0 Å². The molecule has 1 aliphatic heterocycles.